The third-order valence-electron chi connectivity index (χ3n) is 4.96. The van der Waals surface area contributed by atoms with E-state index in [1.165, 1.54) is 5.56 Å². The minimum atomic E-state index is -0.0988. The van der Waals surface area contributed by atoms with Gasteiger partial charge >= 0.3 is 0 Å². The van der Waals surface area contributed by atoms with E-state index >= 15 is 0 Å². The number of benzene rings is 1. The third-order valence-corrected chi connectivity index (χ3v) is 4.96. The average molecular weight is 321 g/mol. The van der Waals surface area contributed by atoms with Gasteiger partial charge in [0, 0.05) is 18.5 Å². The van der Waals surface area contributed by atoms with Crippen molar-refractivity contribution in [1.29, 1.82) is 5.26 Å². The Labute approximate surface area is 143 Å². The molecule has 1 aromatic heterocycles. The van der Waals surface area contributed by atoms with Gasteiger partial charge in [0.2, 0.25) is 0 Å². The number of aromatic nitrogens is 1. The molecule has 1 N–H and O–H groups in total. The van der Waals surface area contributed by atoms with Crippen molar-refractivity contribution in [3.63, 3.8) is 0 Å². The molecule has 1 fully saturated rings. The van der Waals surface area contributed by atoms with Crippen LogP contribution in [-0.4, -0.2) is 29.8 Å². The van der Waals surface area contributed by atoms with Crippen LogP contribution in [0.4, 0.5) is 5.82 Å². The Balaban J connectivity index is 1.73. The molecule has 2 aromatic rings. The molecular weight excluding hydrogens is 298 g/mol. The van der Waals surface area contributed by atoms with E-state index in [-0.39, 0.29) is 12.0 Å². The predicted molar refractivity (Wildman–Crippen MR) is 94.7 cm³/mol. The van der Waals surface area contributed by atoms with E-state index in [0.717, 1.165) is 44.6 Å². The summed E-state index contributed by atoms with van der Waals surface area (Å²) in [6.45, 7) is 1.90. The zero-order valence-electron chi connectivity index (χ0n) is 13.9. The second-order valence-corrected chi connectivity index (χ2v) is 6.66. The van der Waals surface area contributed by atoms with Crippen LogP contribution >= 0.6 is 0 Å². The number of anilines is 1. The molecule has 1 aliphatic heterocycles. The number of pyridine rings is 1. The Bertz CT molecular complexity index is 710. The number of hydrogen-bond acceptors (Lipinski definition) is 4. The molecule has 1 aromatic carbocycles. The van der Waals surface area contributed by atoms with Gasteiger partial charge in [-0.05, 0) is 43.4 Å². The molecule has 0 bridgehead atoms. The first-order valence-electron chi connectivity index (χ1n) is 8.52. The van der Waals surface area contributed by atoms with Crippen molar-refractivity contribution in [3.8, 4) is 6.07 Å². The maximum Gasteiger partial charge on any atom is 0.142 e. The number of hydrogen-bond donors (Lipinski definition) is 1. The molecule has 0 unspecified atom stereocenters. The van der Waals surface area contributed by atoms with E-state index in [0.29, 0.717) is 5.69 Å². The summed E-state index contributed by atoms with van der Waals surface area (Å²) < 4.78 is 0. The number of rotatable bonds is 5. The first-order chi connectivity index (χ1) is 11.7. The van der Waals surface area contributed by atoms with Crippen LogP contribution in [0.1, 0.15) is 30.5 Å². The van der Waals surface area contributed by atoms with Crippen molar-refractivity contribution in [2.24, 2.45) is 5.41 Å². The van der Waals surface area contributed by atoms with E-state index in [4.69, 9.17) is 5.26 Å². The molecule has 124 valence electrons. The Morgan fingerprint density at radius 3 is 2.75 bits per heavy atom. The highest BCUT2D eigenvalue weighted by Crippen LogP contribution is 2.35. The van der Waals surface area contributed by atoms with Crippen molar-refractivity contribution in [2.45, 2.75) is 25.7 Å². The first kappa shape index (κ1) is 16.5. The molecule has 0 radical (unpaired) electrons. The largest absolute Gasteiger partial charge is 0.396 e. The molecule has 0 saturated carbocycles. The van der Waals surface area contributed by atoms with Crippen LogP contribution in [0.15, 0.2) is 48.5 Å². The van der Waals surface area contributed by atoms with Crippen LogP contribution in [0, 0.1) is 16.7 Å². The number of aliphatic hydroxyl groups is 1. The first-order valence-corrected chi connectivity index (χ1v) is 8.52. The molecule has 4 nitrogen and oxygen atoms in total. The fourth-order valence-corrected chi connectivity index (χ4v) is 3.53. The summed E-state index contributed by atoms with van der Waals surface area (Å²) in [7, 11) is 0. The van der Waals surface area contributed by atoms with E-state index in [1.807, 2.05) is 18.2 Å². The molecule has 1 aliphatic rings. The monoisotopic (exact) mass is 321 g/mol. The predicted octanol–water partition coefficient (Wildman–Crippen LogP) is 3.16. The van der Waals surface area contributed by atoms with Gasteiger partial charge in [-0.1, -0.05) is 36.4 Å². The Morgan fingerprint density at radius 1 is 1.17 bits per heavy atom. The zero-order valence-corrected chi connectivity index (χ0v) is 13.9. The van der Waals surface area contributed by atoms with Gasteiger partial charge in [0.1, 0.15) is 17.6 Å². The highest BCUT2D eigenvalue weighted by molar-refractivity contribution is 5.42. The van der Waals surface area contributed by atoms with Crippen molar-refractivity contribution in [3.05, 3.63) is 59.8 Å². The molecule has 0 spiro atoms. The zero-order chi connectivity index (χ0) is 16.8. The minimum absolute atomic E-state index is 0.0988. The van der Waals surface area contributed by atoms with Crippen molar-refractivity contribution in [2.75, 3.05) is 24.6 Å². The second kappa shape index (κ2) is 7.46. The van der Waals surface area contributed by atoms with Gasteiger partial charge in [-0.3, -0.25) is 0 Å². The van der Waals surface area contributed by atoms with E-state index < -0.39 is 0 Å². The van der Waals surface area contributed by atoms with Crippen molar-refractivity contribution in [1.82, 2.24) is 4.98 Å². The summed E-state index contributed by atoms with van der Waals surface area (Å²) in [5, 5.41) is 19.1. The highest BCUT2D eigenvalue weighted by Gasteiger charge is 2.35. The van der Waals surface area contributed by atoms with Crippen molar-refractivity contribution < 1.29 is 5.11 Å². The SMILES string of the molecule is N#Cc1cccc(N2CCC[C@](CO)(CCc3ccccc3)C2)n1. The summed E-state index contributed by atoms with van der Waals surface area (Å²) >= 11 is 0. The minimum Gasteiger partial charge on any atom is -0.396 e. The van der Waals surface area contributed by atoms with Crippen LogP contribution in [0.3, 0.4) is 0 Å². The normalized spacial score (nSPS) is 20.6. The van der Waals surface area contributed by atoms with Crippen LogP contribution in [0.5, 0.6) is 0 Å². The summed E-state index contributed by atoms with van der Waals surface area (Å²) in [4.78, 5) is 6.63. The summed E-state index contributed by atoms with van der Waals surface area (Å²) in [5.74, 6) is 0.839. The molecule has 1 atom stereocenters. The lowest BCUT2D eigenvalue weighted by atomic mass is 9.76. The smallest absolute Gasteiger partial charge is 0.142 e. The van der Waals surface area contributed by atoms with Crippen LogP contribution in [0.25, 0.3) is 0 Å². The fourth-order valence-electron chi connectivity index (χ4n) is 3.53. The van der Waals surface area contributed by atoms with Crippen LogP contribution in [-0.2, 0) is 6.42 Å². The lowest BCUT2D eigenvalue weighted by Crippen LogP contribution is -2.46. The molecule has 24 heavy (non-hydrogen) atoms. The van der Waals surface area contributed by atoms with Crippen LogP contribution in [0.2, 0.25) is 0 Å². The summed E-state index contributed by atoms with van der Waals surface area (Å²) in [6, 6.07) is 18.1. The third kappa shape index (κ3) is 3.74. The number of aryl methyl sites for hydroxylation is 1. The van der Waals surface area contributed by atoms with Gasteiger partial charge in [-0.25, -0.2) is 4.98 Å². The molecule has 0 aliphatic carbocycles. The maximum atomic E-state index is 10.1. The van der Waals surface area contributed by atoms with Gasteiger partial charge in [-0.2, -0.15) is 5.26 Å². The van der Waals surface area contributed by atoms with Gasteiger partial charge < -0.3 is 10.0 Å². The van der Waals surface area contributed by atoms with Gasteiger partial charge in [0.15, 0.2) is 0 Å². The fraction of sp³-hybridized carbons (Fsp3) is 0.400. The van der Waals surface area contributed by atoms with Gasteiger partial charge in [0.05, 0.1) is 6.61 Å². The molecular formula is C20H23N3O. The number of aliphatic hydroxyl groups excluding tert-OH is 1. The lowest BCUT2D eigenvalue weighted by molar-refractivity contribution is 0.0963. The number of nitrogens with zero attached hydrogens (tertiary/aromatic N) is 3. The Kier molecular flexibility index (Phi) is 5.12. The van der Waals surface area contributed by atoms with Gasteiger partial charge in [0.25, 0.3) is 0 Å². The van der Waals surface area contributed by atoms with Crippen molar-refractivity contribution >= 4 is 5.82 Å². The maximum absolute atomic E-state index is 10.1. The summed E-state index contributed by atoms with van der Waals surface area (Å²) in [5.41, 5.74) is 1.65. The summed E-state index contributed by atoms with van der Waals surface area (Å²) in [6.07, 6.45) is 4.00. The Morgan fingerprint density at radius 2 is 2.00 bits per heavy atom. The number of piperidine rings is 1. The molecule has 2 heterocycles. The topological polar surface area (TPSA) is 60.2 Å². The quantitative estimate of drug-likeness (QED) is 0.919. The van der Waals surface area contributed by atoms with E-state index in [1.54, 1.807) is 6.07 Å². The standard InChI is InChI=1S/C20H23N3O/c21-14-18-8-4-9-19(22-18)23-13-5-11-20(15-23,16-24)12-10-17-6-2-1-3-7-17/h1-4,6-9,24H,5,10-13,15-16H2/t20-/m0/s1. The Hall–Kier alpha value is -2.38. The highest BCUT2D eigenvalue weighted by atomic mass is 16.3. The van der Waals surface area contributed by atoms with Crippen LogP contribution < -0.4 is 4.90 Å². The second-order valence-electron chi connectivity index (χ2n) is 6.66. The molecule has 4 heteroatoms. The number of nitriles is 1. The molecule has 0 amide bonds. The average Bonchev–Trinajstić information content (AvgIpc) is 2.67. The van der Waals surface area contributed by atoms with E-state index in [9.17, 15) is 5.11 Å². The van der Waals surface area contributed by atoms with Gasteiger partial charge in [-0.15, -0.1) is 0 Å². The molecule has 3 rings (SSSR count). The lowest BCUT2D eigenvalue weighted by Gasteiger charge is -2.42. The van der Waals surface area contributed by atoms with E-state index in [2.05, 4.69) is 40.2 Å². The molecule has 1 saturated heterocycles.